The van der Waals surface area contributed by atoms with Gasteiger partial charge < -0.3 is 4.52 Å². The second kappa shape index (κ2) is 2.48. The van der Waals surface area contributed by atoms with Gasteiger partial charge in [-0.05, 0) is 5.16 Å². The SMILES string of the molecule is CC(C)c1nc(C#N)no1. The maximum absolute atomic E-state index is 8.30. The monoisotopic (exact) mass is 137 g/mol. The molecule has 0 bridgehead atoms. The zero-order valence-corrected chi connectivity index (χ0v) is 5.83. The molecule has 10 heavy (non-hydrogen) atoms. The number of nitriles is 1. The molecule has 0 spiro atoms. The van der Waals surface area contributed by atoms with E-state index < -0.39 is 0 Å². The summed E-state index contributed by atoms with van der Waals surface area (Å²) in [6, 6.07) is 1.79. The summed E-state index contributed by atoms with van der Waals surface area (Å²) in [5.41, 5.74) is 0. The summed E-state index contributed by atoms with van der Waals surface area (Å²) >= 11 is 0. The van der Waals surface area contributed by atoms with Crippen LogP contribution in [0.4, 0.5) is 0 Å². The lowest BCUT2D eigenvalue weighted by Gasteiger charge is -1.90. The molecule has 0 saturated heterocycles. The lowest BCUT2D eigenvalue weighted by Crippen LogP contribution is -1.85. The Hall–Kier alpha value is -1.37. The van der Waals surface area contributed by atoms with Gasteiger partial charge in [0.2, 0.25) is 5.89 Å². The topological polar surface area (TPSA) is 62.7 Å². The number of aromatic nitrogens is 2. The first-order valence-corrected chi connectivity index (χ1v) is 2.97. The van der Waals surface area contributed by atoms with Crippen LogP contribution in [0.1, 0.15) is 31.5 Å². The van der Waals surface area contributed by atoms with Crippen LogP contribution in [0.5, 0.6) is 0 Å². The van der Waals surface area contributed by atoms with Crippen molar-refractivity contribution in [3.63, 3.8) is 0 Å². The van der Waals surface area contributed by atoms with Crippen LogP contribution in [0.15, 0.2) is 4.52 Å². The van der Waals surface area contributed by atoms with Crippen LogP contribution in [0, 0.1) is 11.3 Å². The fourth-order valence-electron chi connectivity index (χ4n) is 0.515. The van der Waals surface area contributed by atoms with Gasteiger partial charge in [0.25, 0.3) is 5.82 Å². The third-order valence-corrected chi connectivity index (χ3v) is 1.04. The van der Waals surface area contributed by atoms with Crippen LogP contribution < -0.4 is 0 Å². The normalized spacial score (nSPS) is 9.80. The number of hydrogen-bond acceptors (Lipinski definition) is 4. The molecular formula is C6H7N3O. The highest BCUT2D eigenvalue weighted by molar-refractivity contribution is 5.07. The highest BCUT2D eigenvalue weighted by Gasteiger charge is 2.07. The fourth-order valence-corrected chi connectivity index (χ4v) is 0.515. The molecule has 4 nitrogen and oxygen atoms in total. The minimum absolute atomic E-state index is 0.101. The van der Waals surface area contributed by atoms with E-state index >= 15 is 0 Å². The first kappa shape index (κ1) is 6.75. The van der Waals surface area contributed by atoms with Gasteiger partial charge in [-0.25, -0.2) is 0 Å². The minimum Gasteiger partial charge on any atom is -0.338 e. The maximum atomic E-state index is 8.30. The van der Waals surface area contributed by atoms with E-state index in [2.05, 4.69) is 10.1 Å². The quantitative estimate of drug-likeness (QED) is 0.580. The summed E-state index contributed by atoms with van der Waals surface area (Å²) in [4.78, 5) is 3.79. The Kier molecular flexibility index (Phi) is 1.67. The van der Waals surface area contributed by atoms with Crippen molar-refractivity contribution in [3.05, 3.63) is 11.7 Å². The third-order valence-electron chi connectivity index (χ3n) is 1.04. The first-order chi connectivity index (χ1) is 4.74. The van der Waals surface area contributed by atoms with Crippen LogP contribution in [0.3, 0.4) is 0 Å². The van der Waals surface area contributed by atoms with Gasteiger partial charge in [0.15, 0.2) is 0 Å². The Bertz CT molecular complexity index is 258. The molecule has 0 N–H and O–H groups in total. The van der Waals surface area contributed by atoms with Crippen LogP contribution in [0.25, 0.3) is 0 Å². The van der Waals surface area contributed by atoms with Gasteiger partial charge in [-0.3, -0.25) is 0 Å². The molecule has 0 radical (unpaired) electrons. The average molecular weight is 137 g/mol. The molecule has 0 aromatic carbocycles. The average Bonchev–Trinajstić information content (AvgIpc) is 2.34. The summed E-state index contributed by atoms with van der Waals surface area (Å²) in [6.07, 6.45) is 0. The fraction of sp³-hybridized carbons (Fsp3) is 0.500. The molecule has 1 aromatic rings. The summed E-state index contributed by atoms with van der Waals surface area (Å²) in [5.74, 6) is 0.801. The van der Waals surface area contributed by atoms with E-state index in [4.69, 9.17) is 9.78 Å². The molecule has 1 rings (SSSR count). The van der Waals surface area contributed by atoms with Gasteiger partial charge >= 0.3 is 0 Å². The zero-order valence-electron chi connectivity index (χ0n) is 5.83. The molecule has 1 heterocycles. The van der Waals surface area contributed by atoms with Crippen molar-refractivity contribution in [2.45, 2.75) is 19.8 Å². The van der Waals surface area contributed by atoms with Crippen LogP contribution in [-0.2, 0) is 0 Å². The molecule has 0 aliphatic heterocycles. The highest BCUT2D eigenvalue weighted by Crippen LogP contribution is 2.09. The van der Waals surface area contributed by atoms with E-state index in [1.54, 1.807) is 6.07 Å². The van der Waals surface area contributed by atoms with Crippen molar-refractivity contribution < 1.29 is 4.52 Å². The molecule has 0 amide bonds. The van der Waals surface area contributed by atoms with E-state index in [1.165, 1.54) is 0 Å². The number of hydrogen-bond donors (Lipinski definition) is 0. The Balaban J connectivity index is 2.91. The van der Waals surface area contributed by atoms with Gasteiger partial charge in [0, 0.05) is 5.92 Å². The van der Waals surface area contributed by atoms with Crippen LogP contribution >= 0.6 is 0 Å². The van der Waals surface area contributed by atoms with Crippen molar-refractivity contribution in [3.8, 4) is 6.07 Å². The van der Waals surface area contributed by atoms with E-state index in [0.29, 0.717) is 5.89 Å². The number of rotatable bonds is 1. The summed E-state index contributed by atoms with van der Waals surface area (Å²) < 4.78 is 4.73. The Morgan fingerprint density at radius 1 is 1.60 bits per heavy atom. The van der Waals surface area contributed by atoms with Crippen molar-refractivity contribution in [2.24, 2.45) is 0 Å². The summed E-state index contributed by atoms with van der Waals surface area (Å²) in [5, 5.41) is 11.7. The second-order valence-corrected chi connectivity index (χ2v) is 2.22. The van der Waals surface area contributed by atoms with E-state index in [9.17, 15) is 0 Å². The zero-order chi connectivity index (χ0) is 7.56. The van der Waals surface area contributed by atoms with Crippen LogP contribution in [0.2, 0.25) is 0 Å². The molecule has 0 aliphatic carbocycles. The highest BCUT2D eigenvalue weighted by atomic mass is 16.5. The Morgan fingerprint density at radius 2 is 2.30 bits per heavy atom. The maximum Gasteiger partial charge on any atom is 0.273 e. The van der Waals surface area contributed by atoms with E-state index in [0.717, 1.165) is 0 Å². The van der Waals surface area contributed by atoms with Gasteiger partial charge in [0.1, 0.15) is 6.07 Å². The standard InChI is InChI=1S/C6H7N3O/c1-4(2)6-8-5(3-7)9-10-6/h4H,1-2H3. The van der Waals surface area contributed by atoms with E-state index in [-0.39, 0.29) is 11.7 Å². The molecule has 0 aliphatic rings. The molecule has 0 saturated carbocycles. The van der Waals surface area contributed by atoms with Crippen molar-refractivity contribution in [1.29, 1.82) is 5.26 Å². The van der Waals surface area contributed by atoms with Crippen molar-refractivity contribution >= 4 is 0 Å². The number of nitrogens with zero attached hydrogens (tertiary/aromatic N) is 3. The molecule has 1 aromatic heterocycles. The van der Waals surface area contributed by atoms with Gasteiger partial charge in [0.05, 0.1) is 0 Å². The van der Waals surface area contributed by atoms with Gasteiger partial charge in [-0.1, -0.05) is 13.8 Å². The van der Waals surface area contributed by atoms with E-state index in [1.807, 2.05) is 13.8 Å². The molecule has 0 unspecified atom stereocenters. The second-order valence-electron chi connectivity index (χ2n) is 2.22. The molecule has 4 heteroatoms. The molecular weight excluding hydrogens is 130 g/mol. The molecule has 0 fully saturated rings. The molecule has 52 valence electrons. The lowest BCUT2D eigenvalue weighted by molar-refractivity contribution is 0.363. The summed E-state index contributed by atoms with van der Waals surface area (Å²) in [6.45, 7) is 3.85. The third kappa shape index (κ3) is 1.13. The molecule has 0 atom stereocenters. The predicted octanol–water partition coefficient (Wildman–Crippen LogP) is 1.06. The van der Waals surface area contributed by atoms with Gasteiger partial charge in [-0.2, -0.15) is 10.2 Å². The lowest BCUT2D eigenvalue weighted by atomic mass is 10.2. The van der Waals surface area contributed by atoms with Crippen molar-refractivity contribution in [1.82, 2.24) is 10.1 Å². The van der Waals surface area contributed by atoms with Crippen LogP contribution in [-0.4, -0.2) is 10.1 Å². The summed E-state index contributed by atoms with van der Waals surface area (Å²) in [7, 11) is 0. The largest absolute Gasteiger partial charge is 0.338 e. The Labute approximate surface area is 58.5 Å². The smallest absolute Gasteiger partial charge is 0.273 e. The van der Waals surface area contributed by atoms with Gasteiger partial charge in [-0.15, -0.1) is 0 Å². The minimum atomic E-state index is 0.101. The van der Waals surface area contributed by atoms with Crippen molar-refractivity contribution in [2.75, 3.05) is 0 Å². The first-order valence-electron chi connectivity index (χ1n) is 2.97. The Morgan fingerprint density at radius 3 is 2.60 bits per heavy atom. The predicted molar refractivity (Wildman–Crippen MR) is 33.1 cm³/mol.